The molecule has 0 bridgehead atoms. The molecule has 0 aliphatic rings. The van der Waals surface area contributed by atoms with Crippen LogP contribution in [0.3, 0.4) is 0 Å². The number of alkyl halides is 3. The van der Waals surface area contributed by atoms with E-state index in [-0.39, 0.29) is 24.6 Å². The van der Waals surface area contributed by atoms with Crippen LogP contribution in [0.25, 0.3) is 10.9 Å². The molecule has 0 aliphatic heterocycles. The molecule has 2 heterocycles. The number of rotatable bonds is 5. The highest BCUT2D eigenvalue weighted by atomic mass is 19.4. The molecular formula is C17H15F3N4O2. The predicted molar refractivity (Wildman–Crippen MR) is 87.5 cm³/mol. The number of aromatic nitrogens is 3. The number of nitrogens with one attached hydrogen (secondary N) is 1. The van der Waals surface area contributed by atoms with Crippen molar-refractivity contribution >= 4 is 16.8 Å². The van der Waals surface area contributed by atoms with Crippen LogP contribution >= 0.6 is 0 Å². The Labute approximate surface area is 146 Å². The van der Waals surface area contributed by atoms with Crippen LogP contribution in [0.15, 0.2) is 42.7 Å². The number of pyridine rings is 1. The molecule has 0 fully saturated rings. The lowest BCUT2D eigenvalue weighted by Gasteiger charge is -2.10. The first-order valence-electron chi connectivity index (χ1n) is 7.70. The number of halogens is 3. The summed E-state index contributed by atoms with van der Waals surface area (Å²) in [4.78, 5) is 15.8. The smallest absolute Gasteiger partial charge is 0.406 e. The van der Waals surface area contributed by atoms with Crippen molar-refractivity contribution in [2.75, 3.05) is 7.05 Å². The third kappa shape index (κ3) is 4.29. The van der Waals surface area contributed by atoms with Crippen LogP contribution in [0.4, 0.5) is 13.2 Å². The van der Waals surface area contributed by atoms with Gasteiger partial charge in [0.15, 0.2) is 0 Å². The van der Waals surface area contributed by atoms with Gasteiger partial charge in [0, 0.05) is 24.8 Å². The molecule has 0 radical (unpaired) electrons. The molecule has 3 rings (SSSR count). The van der Waals surface area contributed by atoms with Gasteiger partial charge in [0.25, 0.3) is 0 Å². The number of likely N-dealkylation sites (N-methyl/N-ethyl adjacent to an activating group) is 1. The average Bonchev–Trinajstić information content (AvgIpc) is 2.97. The Bertz CT molecular complexity index is 937. The van der Waals surface area contributed by atoms with E-state index >= 15 is 0 Å². The molecule has 0 saturated heterocycles. The fourth-order valence-corrected chi connectivity index (χ4v) is 2.54. The van der Waals surface area contributed by atoms with Crippen LogP contribution in [-0.2, 0) is 17.8 Å². The van der Waals surface area contributed by atoms with Crippen molar-refractivity contribution in [2.24, 2.45) is 0 Å². The molecule has 0 unspecified atom stereocenters. The monoisotopic (exact) mass is 364 g/mol. The molecule has 0 atom stereocenters. The summed E-state index contributed by atoms with van der Waals surface area (Å²) in [5, 5.41) is 7.65. The molecule has 9 heteroatoms. The first kappa shape index (κ1) is 17.7. The molecule has 6 nitrogen and oxygen atoms in total. The van der Waals surface area contributed by atoms with E-state index in [0.29, 0.717) is 16.8 Å². The zero-order chi connectivity index (χ0) is 18.7. The largest absolute Gasteiger partial charge is 0.573 e. The Kier molecular flexibility index (Phi) is 4.79. The molecule has 0 saturated carbocycles. The van der Waals surface area contributed by atoms with Gasteiger partial charge in [-0.1, -0.05) is 12.1 Å². The number of hydrogen-bond donors (Lipinski definition) is 1. The summed E-state index contributed by atoms with van der Waals surface area (Å²) in [5.74, 6) is -0.455. The van der Waals surface area contributed by atoms with Gasteiger partial charge in [0.2, 0.25) is 5.91 Å². The number of carbonyl (C=O) groups excluding carboxylic acids is 1. The summed E-state index contributed by atoms with van der Waals surface area (Å²) >= 11 is 0. The van der Waals surface area contributed by atoms with E-state index in [1.165, 1.54) is 18.2 Å². The second-order valence-corrected chi connectivity index (χ2v) is 5.56. The Morgan fingerprint density at radius 2 is 2.12 bits per heavy atom. The van der Waals surface area contributed by atoms with Crippen molar-refractivity contribution in [1.29, 1.82) is 0 Å². The van der Waals surface area contributed by atoms with E-state index in [9.17, 15) is 18.0 Å². The molecule has 136 valence electrons. The van der Waals surface area contributed by atoms with Crippen LogP contribution < -0.4 is 10.1 Å². The van der Waals surface area contributed by atoms with Crippen LogP contribution in [0, 0.1) is 0 Å². The molecule has 3 aromatic rings. The summed E-state index contributed by atoms with van der Waals surface area (Å²) in [6.07, 6.45) is -1.33. The van der Waals surface area contributed by atoms with Gasteiger partial charge < -0.3 is 10.1 Å². The van der Waals surface area contributed by atoms with Crippen molar-refractivity contribution in [1.82, 2.24) is 20.1 Å². The lowest BCUT2D eigenvalue weighted by atomic mass is 10.2. The highest BCUT2D eigenvalue weighted by molar-refractivity contribution is 5.86. The van der Waals surface area contributed by atoms with Crippen molar-refractivity contribution < 1.29 is 22.7 Å². The summed E-state index contributed by atoms with van der Waals surface area (Å²) in [6.45, 7) is 0.253. The molecule has 1 N–H and O–H groups in total. The zero-order valence-corrected chi connectivity index (χ0v) is 13.7. The van der Waals surface area contributed by atoms with Crippen molar-refractivity contribution in [3.8, 4) is 5.75 Å². The SMILES string of the molecule is CNC(=O)Cc1nccc2nn(Cc3cccc(OC(F)(F)F)c3)cc12. The Morgan fingerprint density at radius 3 is 2.85 bits per heavy atom. The minimum absolute atomic E-state index is 0.119. The first-order chi connectivity index (χ1) is 12.3. The standard InChI is InChI=1S/C17H15F3N4O2/c1-21-16(25)8-15-13-10-24(23-14(13)5-6-22-15)9-11-3-2-4-12(7-11)26-17(18,19)20/h2-7,10H,8-9H2,1H3,(H,21,25). The van der Waals surface area contributed by atoms with Crippen LogP contribution in [-0.4, -0.2) is 34.1 Å². The number of ether oxygens (including phenoxy) is 1. The normalized spacial score (nSPS) is 11.5. The molecule has 0 aliphatic carbocycles. The van der Waals surface area contributed by atoms with Crippen molar-refractivity contribution in [3.05, 3.63) is 54.0 Å². The lowest BCUT2D eigenvalue weighted by molar-refractivity contribution is -0.274. The third-order valence-corrected chi connectivity index (χ3v) is 3.65. The number of fused-ring (bicyclic) bond motifs is 1. The fourth-order valence-electron chi connectivity index (χ4n) is 2.54. The summed E-state index contributed by atoms with van der Waals surface area (Å²) in [7, 11) is 1.54. The predicted octanol–water partition coefficient (Wildman–Crippen LogP) is 2.67. The second kappa shape index (κ2) is 7.03. The minimum atomic E-state index is -4.74. The number of amides is 1. The Balaban J connectivity index is 1.84. The number of carbonyl (C=O) groups is 1. The molecule has 2 aromatic heterocycles. The van der Waals surface area contributed by atoms with Gasteiger partial charge in [-0.2, -0.15) is 5.10 Å². The molecular weight excluding hydrogens is 349 g/mol. The summed E-state index contributed by atoms with van der Waals surface area (Å²) in [6, 6.07) is 7.42. The van der Waals surface area contributed by atoms with E-state index in [1.807, 2.05) is 0 Å². The van der Waals surface area contributed by atoms with Gasteiger partial charge in [-0.05, 0) is 23.8 Å². The third-order valence-electron chi connectivity index (χ3n) is 3.65. The maximum absolute atomic E-state index is 12.3. The first-order valence-corrected chi connectivity index (χ1v) is 7.70. The van der Waals surface area contributed by atoms with Gasteiger partial charge in [-0.25, -0.2) is 0 Å². The maximum Gasteiger partial charge on any atom is 0.573 e. The molecule has 0 spiro atoms. The topological polar surface area (TPSA) is 69.0 Å². The number of hydrogen-bond acceptors (Lipinski definition) is 4. The molecule has 26 heavy (non-hydrogen) atoms. The van der Waals surface area contributed by atoms with Crippen LogP contribution in [0.5, 0.6) is 5.75 Å². The lowest BCUT2D eigenvalue weighted by Crippen LogP contribution is -2.20. The van der Waals surface area contributed by atoms with E-state index in [0.717, 1.165) is 5.39 Å². The van der Waals surface area contributed by atoms with E-state index in [4.69, 9.17) is 0 Å². The van der Waals surface area contributed by atoms with E-state index in [2.05, 4.69) is 20.1 Å². The van der Waals surface area contributed by atoms with Crippen molar-refractivity contribution in [2.45, 2.75) is 19.3 Å². The van der Waals surface area contributed by atoms with E-state index < -0.39 is 6.36 Å². The minimum Gasteiger partial charge on any atom is -0.406 e. The van der Waals surface area contributed by atoms with Gasteiger partial charge in [0.1, 0.15) is 5.75 Å². The zero-order valence-electron chi connectivity index (χ0n) is 13.7. The quantitative estimate of drug-likeness (QED) is 0.756. The summed E-state index contributed by atoms with van der Waals surface area (Å²) in [5.41, 5.74) is 1.84. The average molecular weight is 364 g/mol. The van der Waals surface area contributed by atoms with Crippen LogP contribution in [0.2, 0.25) is 0 Å². The number of benzene rings is 1. The van der Waals surface area contributed by atoms with Gasteiger partial charge in [0.05, 0.1) is 24.2 Å². The Hall–Kier alpha value is -3.10. The van der Waals surface area contributed by atoms with Crippen LogP contribution in [0.1, 0.15) is 11.3 Å². The fraction of sp³-hybridized carbons (Fsp3) is 0.235. The van der Waals surface area contributed by atoms with Gasteiger partial charge >= 0.3 is 6.36 Å². The Morgan fingerprint density at radius 1 is 1.31 bits per heavy atom. The highest BCUT2D eigenvalue weighted by Gasteiger charge is 2.31. The molecule has 1 aromatic carbocycles. The summed E-state index contributed by atoms with van der Waals surface area (Å²) < 4.78 is 42.5. The molecule has 1 amide bonds. The van der Waals surface area contributed by atoms with Crippen molar-refractivity contribution in [3.63, 3.8) is 0 Å². The second-order valence-electron chi connectivity index (χ2n) is 5.56. The highest BCUT2D eigenvalue weighted by Crippen LogP contribution is 2.24. The van der Waals surface area contributed by atoms with Gasteiger partial charge in [-0.3, -0.25) is 14.5 Å². The van der Waals surface area contributed by atoms with Gasteiger partial charge in [-0.15, -0.1) is 13.2 Å². The number of nitrogens with zero attached hydrogens (tertiary/aromatic N) is 3. The van der Waals surface area contributed by atoms with E-state index in [1.54, 1.807) is 36.3 Å². The maximum atomic E-state index is 12.3.